The molecule has 0 radical (unpaired) electrons. The van der Waals surface area contributed by atoms with Crippen LogP contribution >= 0.6 is 0 Å². The number of hydrogen-bond donors (Lipinski definition) is 0. The van der Waals surface area contributed by atoms with Gasteiger partial charge >= 0.3 is 6.09 Å². The van der Waals surface area contributed by atoms with Gasteiger partial charge in [0.1, 0.15) is 11.4 Å². The van der Waals surface area contributed by atoms with Gasteiger partial charge in [0.05, 0.1) is 5.69 Å². The lowest BCUT2D eigenvalue weighted by atomic mass is 10.0. The van der Waals surface area contributed by atoms with Crippen LogP contribution < -0.4 is 4.90 Å². The van der Waals surface area contributed by atoms with Crippen LogP contribution in [0.4, 0.5) is 10.6 Å². The molecule has 3 rings (SSSR count). The largest absolute Gasteiger partial charge is 0.443 e. The van der Waals surface area contributed by atoms with E-state index in [0.29, 0.717) is 0 Å². The van der Waals surface area contributed by atoms with Crippen LogP contribution in [-0.2, 0) is 4.74 Å². The minimum absolute atomic E-state index is 0.413. The van der Waals surface area contributed by atoms with Crippen LogP contribution in [-0.4, -0.2) is 42.1 Å². The third-order valence-electron chi connectivity index (χ3n) is 4.94. The Morgan fingerprint density at radius 3 is 2.25 bits per heavy atom. The summed E-state index contributed by atoms with van der Waals surface area (Å²) in [4.78, 5) is 23.2. The lowest BCUT2D eigenvalue weighted by Gasteiger charge is -2.21. The maximum atomic E-state index is 13.0. The molecule has 0 fully saturated rings. The Morgan fingerprint density at radius 1 is 1.09 bits per heavy atom. The van der Waals surface area contributed by atoms with Crippen LogP contribution in [0.2, 0.25) is 0 Å². The van der Waals surface area contributed by atoms with E-state index < -0.39 is 11.7 Å². The van der Waals surface area contributed by atoms with Crippen molar-refractivity contribution < 1.29 is 9.53 Å². The van der Waals surface area contributed by atoms with Crippen molar-refractivity contribution in [3.8, 4) is 22.4 Å². The molecule has 0 unspecified atom stereocenters. The number of aliphatic imine (C=N–C) groups is 1. The van der Waals surface area contributed by atoms with Crippen LogP contribution in [0.3, 0.4) is 0 Å². The summed E-state index contributed by atoms with van der Waals surface area (Å²) in [6.45, 7) is 11.0. The van der Waals surface area contributed by atoms with Gasteiger partial charge in [0.2, 0.25) is 0 Å². The van der Waals surface area contributed by atoms with Crippen molar-refractivity contribution in [3.05, 3.63) is 66.1 Å². The molecule has 0 saturated heterocycles. The lowest BCUT2D eigenvalue weighted by Crippen LogP contribution is -2.28. The molecule has 0 saturated carbocycles. The van der Waals surface area contributed by atoms with Crippen molar-refractivity contribution in [3.63, 3.8) is 0 Å². The number of carbonyl (C=O) groups excluding carboxylic acids is 1. The summed E-state index contributed by atoms with van der Waals surface area (Å²) in [6.07, 6.45) is 4.89. The molecule has 0 aliphatic heterocycles. The van der Waals surface area contributed by atoms with Gasteiger partial charge in [-0.2, -0.15) is 0 Å². The van der Waals surface area contributed by atoms with Gasteiger partial charge in [-0.1, -0.05) is 24.3 Å². The number of rotatable bonds is 5. The molecule has 0 spiro atoms. The summed E-state index contributed by atoms with van der Waals surface area (Å²) in [6, 6.07) is 14.1. The Morgan fingerprint density at radius 2 is 1.72 bits per heavy atom. The minimum Gasteiger partial charge on any atom is -0.443 e. The molecule has 3 aromatic rings. The number of hydrogen-bond acceptors (Lipinski definition) is 5. The van der Waals surface area contributed by atoms with E-state index in [4.69, 9.17) is 4.74 Å². The number of carbonyl (C=O) groups is 1. The van der Waals surface area contributed by atoms with Gasteiger partial charge in [-0.05, 0) is 75.4 Å². The van der Waals surface area contributed by atoms with E-state index in [0.717, 1.165) is 39.5 Å². The van der Waals surface area contributed by atoms with Gasteiger partial charge in [-0.15, -0.1) is 0 Å². The van der Waals surface area contributed by atoms with Gasteiger partial charge in [0.15, 0.2) is 0 Å². The third kappa shape index (κ3) is 5.14. The molecule has 6 nitrogen and oxygen atoms in total. The number of anilines is 1. The van der Waals surface area contributed by atoms with Gasteiger partial charge in [-0.25, -0.2) is 14.3 Å². The zero-order chi connectivity index (χ0) is 23.5. The number of aromatic nitrogens is 2. The number of pyridine rings is 1. The zero-order valence-electron chi connectivity index (χ0n) is 19.6. The Bertz CT molecular complexity index is 1130. The molecular formula is C26H30N4O2. The van der Waals surface area contributed by atoms with E-state index in [1.165, 1.54) is 0 Å². The van der Waals surface area contributed by atoms with Crippen LogP contribution in [0.15, 0.2) is 59.9 Å². The molecule has 0 amide bonds. The van der Waals surface area contributed by atoms with Crippen molar-refractivity contribution >= 4 is 24.7 Å². The summed E-state index contributed by atoms with van der Waals surface area (Å²) in [5, 5.41) is 0. The molecule has 1 aromatic carbocycles. The van der Waals surface area contributed by atoms with Gasteiger partial charge < -0.3 is 9.64 Å². The molecule has 0 N–H and O–H groups in total. The third-order valence-corrected chi connectivity index (χ3v) is 4.94. The Kier molecular flexibility index (Phi) is 6.63. The number of nitrogens with zero attached hydrogens (tertiary/aromatic N) is 4. The van der Waals surface area contributed by atoms with E-state index >= 15 is 0 Å². The molecule has 166 valence electrons. The highest BCUT2D eigenvalue weighted by Crippen LogP contribution is 2.30. The predicted octanol–water partition coefficient (Wildman–Crippen LogP) is 6.05. The lowest BCUT2D eigenvalue weighted by molar-refractivity contribution is 0.0537. The summed E-state index contributed by atoms with van der Waals surface area (Å²) in [5.41, 5.74) is 4.81. The highest BCUT2D eigenvalue weighted by atomic mass is 16.6. The van der Waals surface area contributed by atoms with Crippen molar-refractivity contribution in [1.29, 1.82) is 0 Å². The highest BCUT2D eigenvalue weighted by Gasteiger charge is 2.23. The highest BCUT2D eigenvalue weighted by molar-refractivity contribution is 5.83. The quantitative estimate of drug-likeness (QED) is 0.463. The van der Waals surface area contributed by atoms with Gasteiger partial charge in [0, 0.05) is 37.7 Å². The van der Waals surface area contributed by atoms with Gasteiger partial charge in [0.25, 0.3) is 0 Å². The smallest absolute Gasteiger partial charge is 0.419 e. The summed E-state index contributed by atoms with van der Waals surface area (Å²) in [5.74, 6) is 0.908. The van der Waals surface area contributed by atoms with E-state index in [1.807, 2.05) is 95.4 Å². The van der Waals surface area contributed by atoms with Crippen molar-refractivity contribution in [2.24, 2.45) is 4.99 Å². The first kappa shape index (κ1) is 23.0. The fourth-order valence-corrected chi connectivity index (χ4v) is 3.34. The Labute approximate surface area is 189 Å². The standard InChI is InChI=1S/C26H30N4O2/c1-18-21(14-15-27-5)16-23(30(18)25(31)32-26(2,3)4)20-10-8-19(9-11-20)22-12-13-24(28-17-22)29(6)7/h8-17H,5H2,1-4,6-7H3/b15-14-. The molecule has 32 heavy (non-hydrogen) atoms. The molecule has 0 bridgehead atoms. The molecule has 2 heterocycles. The first-order valence-electron chi connectivity index (χ1n) is 10.4. The molecular weight excluding hydrogens is 400 g/mol. The van der Waals surface area contributed by atoms with E-state index in [2.05, 4.69) is 22.8 Å². The fourth-order valence-electron chi connectivity index (χ4n) is 3.34. The fraction of sp³-hybridized carbons (Fsp3) is 0.269. The Balaban J connectivity index is 2.01. The van der Waals surface area contributed by atoms with Crippen LogP contribution in [0, 0.1) is 6.92 Å². The van der Waals surface area contributed by atoms with Crippen LogP contribution in [0.1, 0.15) is 32.0 Å². The predicted molar refractivity (Wildman–Crippen MR) is 132 cm³/mol. The molecule has 2 aromatic heterocycles. The monoisotopic (exact) mass is 430 g/mol. The maximum Gasteiger partial charge on any atom is 0.419 e. The minimum atomic E-state index is -0.598. The van der Waals surface area contributed by atoms with E-state index in [1.54, 1.807) is 10.8 Å². The second kappa shape index (κ2) is 9.22. The first-order valence-corrected chi connectivity index (χ1v) is 10.4. The van der Waals surface area contributed by atoms with Crippen molar-refractivity contribution in [1.82, 2.24) is 9.55 Å². The average molecular weight is 431 g/mol. The Hall–Kier alpha value is -3.67. The number of benzene rings is 1. The second-order valence-electron chi connectivity index (χ2n) is 8.76. The van der Waals surface area contributed by atoms with Crippen LogP contribution in [0.5, 0.6) is 0 Å². The topological polar surface area (TPSA) is 59.7 Å². The zero-order valence-corrected chi connectivity index (χ0v) is 19.6. The van der Waals surface area contributed by atoms with Crippen molar-refractivity contribution in [2.45, 2.75) is 33.3 Å². The molecule has 0 atom stereocenters. The van der Waals surface area contributed by atoms with Crippen molar-refractivity contribution in [2.75, 3.05) is 19.0 Å². The summed E-state index contributed by atoms with van der Waals surface area (Å²) < 4.78 is 7.27. The number of ether oxygens (including phenoxy) is 1. The summed E-state index contributed by atoms with van der Waals surface area (Å²) >= 11 is 0. The first-order chi connectivity index (χ1) is 15.1. The average Bonchev–Trinajstić information content (AvgIpc) is 3.07. The molecule has 6 heteroatoms. The maximum absolute atomic E-state index is 13.0. The van der Waals surface area contributed by atoms with E-state index in [-0.39, 0.29) is 0 Å². The summed E-state index contributed by atoms with van der Waals surface area (Å²) in [7, 11) is 3.93. The normalized spacial score (nSPS) is 11.6. The molecule has 0 aliphatic rings. The van der Waals surface area contributed by atoms with Gasteiger partial charge in [-0.3, -0.25) is 4.99 Å². The SMILES string of the molecule is C=N/C=C\c1cc(-c2ccc(-c3ccc(N(C)C)nc3)cc2)n(C(=O)OC(C)(C)C)c1C. The molecule has 0 aliphatic carbocycles. The second-order valence-corrected chi connectivity index (χ2v) is 8.76. The van der Waals surface area contributed by atoms with E-state index in [9.17, 15) is 4.79 Å². The van der Waals surface area contributed by atoms with Crippen LogP contribution in [0.25, 0.3) is 28.5 Å².